The molecule has 35 heavy (non-hydrogen) atoms. The van der Waals surface area contributed by atoms with Crippen molar-refractivity contribution in [1.82, 2.24) is 9.55 Å². The van der Waals surface area contributed by atoms with Crippen molar-refractivity contribution < 1.29 is 17.8 Å². The van der Waals surface area contributed by atoms with Crippen molar-refractivity contribution in [2.45, 2.75) is 46.8 Å². The number of sulfonamides is 1. The Bertz CT molecular complexity index is 1290. The molecule has 0 spiro atoms. The molecule has 2 atom stereocenters. The van der Waals surface area contributed by atoms with Crippen LogP contribution in [0, 0.1) is 0 Å². The topological polar surface area (TPSA) is 118 Å². The molecule has 0 amide bonds. The first-order chi connectivity index (χ1) is 16.6. The molecule has 0 fully saturated rings. The van der Waals surface area contributed by atoms with Gasteiger partial charge in [-0.05, 0) is 57.0 Å². The largest absolute Gasteiger partial charge is 0.615 e. The molecule has 0 radical (unpaired) electrons. The van der Waals surface area contributed by atoms with E-state index in [1.807, 2.05) is 35.1 Å². The predicted molar refractivity (Wildman–Crippen MR) is 146 cm³/mol. The summed E-state index contributed by atoms with van der Waals surface area (Å²) in [4.78, 5) is 18.1. The minimum Gasteiger partial charge on any atom is -0.615 e. The van der Waals surface area contributed by atoms with Gasteiger partial charge in [-0.1, -0.05) is 55.8 Å². The number of imidazole rings is 1. The van der Waals surface area contributed by atoms with E-state index in [1.54, 1.807) is 18.2 Å². The molecular weight excluding hydrogens is 570 g/mol. The Morgan fingerprint density at radius 3 is 2.46 bits per heavy atom. The van der Waals surface area contributed by atoms with Gasteiger partial charge < -0.3 is 9.12 Å². The standard InChI is InChI=1S/C24H28BrN3O4S3/c1-4-5-10-20-27-24(33-2)21(22(29)23(25)34(3)30)28(20)15-16-11-13-17(14-12-16)18-8-6-7-9-19(18)35(26,31)32/h6-9,11-14,23H,4-5,10,15H2,1-3H3,(H2,26,31,32). The van der Waals surface area contributed by atoms with Crippen LogP contribution in [0.1, 0.15) is 41.6 Å². The number of carbonyl (C=O) groups is 1. The average Bonchev–Trinajstić information content (AvgIpc) is 3.18. The summed E-state index contributed by atoms with van der Waals surface area (Å²) >= 11 is 3.30. The first-order valence-corrected chi connectivity index (χ1v) is 16.2. The second kappa shape index (κ2) is 12.1. The number of aryl methyl sites for hydroxylation is 1. The molecule has 7 nitrogen and oxygen atoms in total. The summed E-state index contributed by atoms with van der Waals surface area (Å²) in [5.74, 6) is 0.550. The number of hydrogen-bond donors (Lipinski definition) is 1. The van der Waals surface area contributed by atoms with Crippen LogP contribution >= 0.6 is 27.7 Å². The maximum atomic E-state index is 13.3. The molecule has 188 valence electrons. The number of primary sulfonamides is 1. The molecule has 2 unspecified atom stereocenters. The van der Waals surface area contributed by atoms with Gasteiger partial charge in [0.15, 0.2) is 0 Å². The van der Waals surface area contributed by atoms with Crippen LogP contribution in [-0.2, 0) is 34.2 Å². The third-order valence-corrected chi connectivity index (χ3v) is 9.92. The van der Waals surface area contributed by atoms with Crippen molar-refractivity contribution in [3.8, 4) is 11.1 Å². The highest BCUT2D eigenvalue weighted by Gasteiger charge is 2.32. The summed E-state index contributed by atoms with van der Waals surface area (Å²) in [6.07, 6.45) is 6.01. The number of thioether (sulfide) groups is 1. The average molecular weight is 599 g/mol. The van der Waals surface area contributed by atoms with E-state index in [-0.39, 0.29) is 10.7 Å². The van der Waals surface area contributed by atoms with Gasteiger partial charge in [0.1, 0.15) is 16.5 Å². The number of rotatable bonds is 11. The molecule has 1 heterocycles. The van der Waals surface area contributed by atoms with Gasteiger partial charge in [0, 0.05) is 18.5 Å². The summed E-state index contributed by atoms with van der Waals surface area (Å²) < 4.78 is 37.1. The molecule has 0 aliphatic rings. The molecule has 0 saturated heterocycles. The van der Waals surface area contributed by atoms with E-state index in [1.165, 1.54) is 24.1 Å². The van der Waals surface area contributed by atoms with E-state index in [2.05, 4.69) is 22.9 Å². The van der Waals surface area contributed by atoms with E-state index in [0.717, 1.165) is 36.2 Å². The maximum Gasteiger partial charge on any atom is 0.245 e. The Balaban J connectivity index is 2.02. The summed E-state index contributed by atoms with van der Waals surface area (Å²) in [6.45, 7) is 2.50. The zero-order valence-electron chi connectivity index (χ0n) is 19.7. The van der Waals surface area contributed by atoms with Gasteiger partial charge in [-0.15, -0.1) is 11.8 Å². The highest BCUT2D eigenvalue weighted by molar-refractivity contribution is 9.11. The molecule has 0 aliphatic heterocycles. The van der Waals surface area contributed by atoms with Crippen LogP contribution in [-0.4, -0.2) is 45.0 Å². The number of ketones is 1. The fraction of sp³-hybridized carbons (Fsp3) is 0.333. The lowest BCUT2D eigenvalue weighted by atomic mass is 10.0. The lowest BCUT2D eigenvalue weighted by molar-refractivity contribution is 0.0998. The monoisotopic (exact) mass is 597 g/mol. The molecule has 11 heteroatoms. The number of aromatic nitrogens is 2. The Kier molecular flexibility index (Phi) is 9.64. The van der Waals surface area contributed by atoms with Crippen molar-refractivity contribution in [3.05, 3.63) is 65.6 Å². The van der Waals surface area contributed by atoms with Gasteiger partial charge in [-0.2, -0.15) is 0 Å². The molecule has 3 rings (SSSR count). The second-order valence-electron chi connectivity index (χ2n) is 7.99. The second-order valence-corrected chi connectivity index (χ2v) is 13.3. The highest BCUT2D eigenvalue weighted by atomic mass is 79.9. The lowest BCUT2D eigenvalue weighted by Gasteiger charge is -2.16. The molecule has 3 aromatic rings. The Labute approximate surface area is 222 Å². The van der Waals surface area contributed by atoms with Crippen LogP contribution in [0.15, 0.2) is 58.5 Å². The summed E-state index contributed by atoms with van der Waals surface area (Å²) in [6, 6.07) is 14.1. The third-order valence-electron chi connectivity index (χ3n) is 5.49. The van der Waals surface area contributed by atoms with Crippen LogP contribution in [0.5, 0.6) is 0 Å². The molecule has 0 saturated carbocycles. The normalized spacial score (nSPS) is 13.5. The van der Waals surface area contributed by atoms with Crippen LogP contribution in [0.3, 0.4) is 0 Å². The van der Waals surface area contributed by atoms with Crippen molar-refractivity contribution >= 4 is 54.7 Å². The van der Waals surface area contributed by atoms with Gasteiger partial charge in [-0.3, -0.25) is 4.79 Å². The Morgan fingerprint density at radius 1 is 1.23 bits per heavy atom. The molecule has 2 aromatic carbocycles. The number of unbranched alkanes of at least 4 members (excludes halogenated alkanes) is 1. The van der Waals surface area contributed by atoms with E-state index < -0.39 is 25.4 Å². The van der Waals surface area contributed by atoms with E-state index >= 15 is 0 Å². The zero-order chi connectivity index (χ0) is 25.8. The number of carbonyl (C=O) groups excluding carboxylic acids is 1. The first-order valence-electron chi connectivity index (χ1n) is 10.9. The number of hydrogen-bond acceptors (Lipinski definition) is 6. The number of benzene rings is 2. The highest BCUT2D eigenvalue weighted by Crippen LogP contribution is 2.29. The minimum absolute atomic E-state index is 0.0673. The molecule has 1 aromatic heterocycles. The molecular formula is C24H28BrN3O4S3. The van der Waals surface area contributed by atoms with Gasteiger partial charge in [0.25, 0.3) is 0 Å². The van der Waals surface area contributed by atoms with Crippen molar-refractivity contribution in [3.63, 3.8) is 0 Å². The summed E-state index contributed by atoms with van der Waals surface area (Å²) in [7, 11) is -3.87. The lowest BCUT2D eigenvalue weighted by Crippen LogP contribution is -2.26. The van der Waals surface area contributed by atoms with Crippen LogP contribution in [0.25, 0.3) is 11.1 Å². The van der Waals surface area contributed by atoms with Gasteiger partial charge in [0.2, 0.25) is 20.0 Å². The van der Waals surface area contributed by atoms with E-state index in [9.17, 15) is 17.8 Å². The zero-order valence-corrected chi connectivity index (χ0v) is 23.8. The number of alkyl halides is 1. The quantitative estimate of drug-likeness (QED) is 0.149. The fourth-order valence-electron chi connectivity index (χ4n) is 3.74. The number of nitrogens with two attached hydrogens (primary N) is 1. The SMILES string of the molecule is CCCCc1nc(SC)c(C(=O)C(Br)[S+](C)[O-])n1Cc1ccc(-c2ccccc2S(N)(=O)=O)cc1. The molecule has 0 aliphatic carbocycles. The van der Waals surface area contributed by atoms with Crippen molar-refractivity contribution in [2.75, 3.05) is 12.5 Å². The van der Waals surface area contributed by atoms with Crippen LogP contribution in [0.2, 0.25) is 0 Å². The van der Waals surface area contributed by atoms with E-state index in [4.69, 9.17) is 10.1 Å². The van der Waals surface area contributed by atoms with E-state index in [0.29, 0.717) is 22.8 Å². The number of halogens is 1. The van der Waals surface area contributed by atoms with Crippen molar-refractivity contribution in [1.29, 1.82) is 0 Å². The number of Topliss-reactive ketones (excluding diaryl/α,β-unsaturated/α-hetero) is 1. The molecule has 0 bridgehead atoms. The molecule has 2 N–H and O–H groups in total. The number of nitrogens with zero attached hydrogens (tertiary/aromatic N) is 2. The van der Waals surface area contributed by atoms with Gasteiger partial charge >= 0.3 is 0 Å². The van der Waals surface area contributed by atoms with Crippen LogP contribution in [0.4, 0.5) is 0 Å². The van der Waals surface area contributed by atoms with Gasteiger partial charge in [0.05, 0.1) is 11.2 Å². The van der Waals surface area contributed by atoms with Crippen molar-refractivity contribution in [2.24, 2.45) is 5.14 Å². The minimum atomic E-state index is -3.87. The Morgan fingerprint density at radius 2 is 1.89 bits per heavy atom. The summed E-state index contributed by atoms with van der Waals surface area (Å²) in [5, 5.41) is 6.01. The maximum absolute atomic E-state index is 13.3. The summed E-state index contributed by atoms with van der Waals surface area (Å²) in [5.41, 5.74) is 2.62. The van der Waals surface area contributed by atoms with Crippen LogP contribution < -0.4 is 5.14 Å². The predicted octanol–water partition coefficient (Wildman–Crippen LogP) is 4.59. The fourth-order valence-corrected chi connectivity index (χ4v) is 5.73. The Hall–Kier alpha value is -1.63. The smallest absolute Gasteiger partial charge is 0.245 e. The first kappa shape index (κ1) is 27.9. The third kappa shape index (κ3) is 6.58. The van der Waals surface area contributed by atoms with Gasteiger partial charge in [-0.25, -0.2) is 18.5 Å².